The molecule has 4 aromatic carbocycles. The van der Waals surface area contributed by atoms with Gasteiger partial charge in [-0.2, -0.15) is 0 Å². The highest BCUT2D eigenvalue weighted by atomic mass is 32.1. The molecule has 0 unspecified atom stereocenters. The van der Waals surface area contributed by atoms with Gasteiger partial charge in [-0.25, -0.2) is 4.98 Å². The van der Waals surface area contributed by atoms with E-state index in [4.69, 9.17) is 17.2 Å². The summed E-state index contributed by atoms with van der Waals surface area (Å²) in [6.07, 6.45) is 6.58. The Hall–Kier alpha value is -4.79. The molecule has 6 aromatic rings. The van der Waals surface area contributed by atoms with Crippen LogP contribution in [0.5, 0.6) is 5.88 Å². The highest BCUT2D eigenvalue weighted by Gasteiger charge is 2.23. The van der Waals surface area contributed by atoms with Crippen LogP contribution in [0, 0.1) is 4.77 Å². The third-order valence-corrected chi connectivity index (χ3v) is 8.52. The normalized spacial score (nSPS) is 12.1. The number of fused-ring (bicyclic) bond motifs is 2. The number of aromatic nitrogens is 3. The smallest absolute Gasteiger partial charge is 0.323 e. The topological polar surface area (TPSA) is 80.3 Å². The first-order valence-electron chi connectivity index (χ1n) is 13.5. The highest BCUT2D eigenvalue weighted by Crippen LogP contribution is 2.36. The Balaban J connectivity index is 1.50. The Kier molecular flexibility index (Phi) is 7.56. The van der Waals surface area contributed by atoms with E-state index in [-0.39, 0.29) is 10.7 Å². The van der Waals surface area contributed by atoms with Crippen molar-refractivity contribution in [2.24, 2.45) is 0 Å². The van der Waals surface area contributed by atoms with Crippen molar-refractivity contribution in [1.82, 2.24) is 14.1 Å². The van der Waals surface area contributed by atoms with Crippen LogP contribution >= 0.6 is 23.6 Å². The van der Waals surface area contributed by atoms with Crippen molar-refractivity contribution < 1.29 is 15.0 Å². The molecule has 0 fully saturated rings. The number of aryl methyl sites for hydroxylation is 1. The molecule has 0 aliphatic heterocycles. The second kappa shape index (κ2) is 11.6. The lowest BCUT2D eigenvalue weighted by Gasteiger charge is -2.11. The fourth-order valence-corrected chi connectivity index (χ4v) is 6.61. The SMILES string of the molecule is CCc1c2ccccc2cc2sc(C=CC=C(c3ccccc3)c3c(O)n(-c4ccccc4)c(=S)n3CC(=O)O)nc12. The molecular formula is C34H27N3O3S2. The molecule has 0 atom stereocenters. The van der Waals surface area contributed by atoms with E-state index in [1.165, 1.54) is 25.5 Å². The number of carboxylic acid groups (broad SMARTS) is 1. The van der Waals surface area contributed by atoms with Gasteiger partial charge in [-0.3, -0.25) is 9.36 Å². The summed E-state index contributed by atoms with van der Waals surface area (Å²) in [4.78, 5) is 16.9. The van der Waals surface area contributed by atoms with E-state index in [0.29, 0.717) is 17.0 Å². The predicted octanol–water partition coefficient (Wildman–Crippen LogP) is 8.27. The van der Waals surface area contributed by atoms with E-state index in [1.54, 1.807) is 11.3 Å². The monoisotopic (exact) mass is 589 g/mol. The van der Waals surface area contributed by atoms with Crippen LogP contribution in [-0.2, 0) is 17.8 Å². The van der Waals surface area contributed by atoms with Crippen molar-refractivity contribution in [1.29, 1.82) is 0 Å². The van der Waals surface area contributed by atoms with Crippen molar-refractivity contribution in [3.05, 3.63) is 130 Å². The molecule has 208 valence electrons. The van der Waals surface area contributed by atoms with Crippen molar-refractivity contribution in [2.75, 3.05) is 0 Å². The molecule has 0 aliphatic carbocycles. The summed E-state index contributed by atoms with van der Waals surface area (Å²) >= 11 is 7.33. The number of para-hydroxylation sites is 1. The van der Waals surface area contributed by atoms with Gasteiger partial charge in [0.05, 0.1) is 15.9 Å². The fraction of sp³-hybridized carbons (Fsp3) is 0.0882. The van der Waals surface area contributed by atoms with Crippen molar-refractivity contribution >= 4 is 62.2 Å². The molecule has 0 bridgehead atoms. The molecular weight excluding hydrogens is 563 g/mol. The molecule has 2 heterocycles. The van der Waals surface area contributed by atoms with Crippen LogP contribution in [0.1, 0.15) is 28.8 Å². The van der Waals surface area contributed by atoms with Crippen LogP contribution < -0.4 is 0 Å². The van der Waals surface area contributed by atoms with Crippen LogP contribution in [-0.4, -0.2) is 30.3 Å². The second-order valence-corrected chi connectivity index (χ2v) is 11.2. The third-order valence-electron chi connectivity index (χ3n) is 7.15. The van der Waals surface area contributed by atoms with Gasteiger partial charge >= 0.3 is 5.97 Å². The number of aliphatic carboxylic acids is 1. The van der Waals surface area contributed by atoms with Crippen LogP contribution in [0.3, 0.4) is 0 Å². The molecule has 0 saturated carbocycles. The summed E-state index contributed by atoms with van der Waals surface area (Å²) in [6.45, 7) is 1.75. The standard InChI is InChI=1S/C34H27N3O3S2/c1-2-25-26-17-10-9-14-23(26)20-28-31(25)35-29(42-28)19-11-18-27(22-12-5-3-6-13-22)32-33(40)37(24-15-7-4-8-16-24)34(41)36(32)21-30(38)39/h3-20,40H,2,21H2,1H3,(H,38,39). The number of nitrogens with zero attached hydrogens (tertiary/aromatic N) is 3. The maximum absolute atomic E-state index is 11.9. The number of rotatable bonds is 8. The summed E-state index contributed by atoms with van der Waals surface area (Å²) in [5, 5.41) is 24.6. The quantitative estimate of drug-likeness (QED) is 0.138. The van der Waals surface area contributed by atoms with Gasteiger partial charge in [0.2, 0.25) is 5.88 Å². The van der Waals surface area contributed by atoms with E-state index in [2.05, 4.69) is 37.3 Å². The maximum atomic E-state index is 11.9. The van der Waals surface area contributed by atoms with Gasteiger partial charge in [0.25, 0.3) is 0 Å². The molecule has 0 radical (unpaired) electrons. The minimum absolute atomic E-state index is 0.129. The Morgan fingerprint density at radius 1 is 1.00 bits per heavy atom. The van der Waals surface area contributed by atoms with E-state index < -0.39 is 12.5 Å². The molecule has 0 saturated heterocycles. The van der Waals surface area contributed by atoms with E-state index in [1.807, 2.05) is 78.9 Å². The number of thiazole rings is 1. The molecule has 0 amide bonds. The number of imidazole rings is 1. The van der Waals surface area contributed by atoms with Gasteiger partial charge in [-0.05, 0) is 64.8 Å². The number of hydrogen-bond acceptors (Lipinski definition) is 5. The average Bonchev–Trinajstić information content (AvgIpc) is 3.51. The summed E-state index contributed by atoms with van der Waals surface area (Å²) < 4.78 is 4.28. The summed E-state index contributed by atoms with van der Waals surface area (Å²) in [7, 11) is 0. The fourth-order valence-electron chi connectivity index (χ4n) is 5.31. The zero-order chi connectivity index (χ0) is 29.2. The van der Waals surface area contributed by atoms with Crippen molar-refractivity contribution in [2.45, 2.75) is 19.9 Å². The molecule has 6 nitrogen and oxygen atoms in total. The summed E-state index contributed by atoms with van der Waals surface area (Å²) in [6, 6.07) is 29.3. The number of hydrogen-bond donors (Lipinski definition) is 2. The minimum atomic E-state index is -1.06. The van der Waals surface area contributed by atoms with E-state index >= 15 is 0 Å². The first-order valence-corrected chi connectivity index (χ1v) is 14.8. The van der Waals surface area contributed by atoms with Gasteiger partial charge < -0.3 is 14.8 Å². The number of carboxylic acids is 1. The minimum Gasteiger partial charge on any atom is -0.493 e. The Bertz CT molecular complexity index is 2050. The van der Waals surface area contributed by atoms with E-state index in [9.17, 15) is 15.0 Å². The molecule has 0 spiro atoms. The predicted molar refractivity (Wildman–Crippen MR) is 173 cm³/mol. The lowest BCUT2D eigenvalue weighted by Crippen LogP contribution is -2.12. The molecule has 2 aromatic heterocycles. The van der Waals surface area contributed by atoms with Crippen LogP contribution in [0.2, 0.25) is 0 Å². The summed E-state index contributed by atoms with van der Waals surface area (Å²) in [5.41, 5.74) is 4.65. The molecule has 6 rings (SSSR count). The highest BCUT2D eigenvalue weighted by molar-refractivity contribution is 7.71. The molecule has 8 heteroatoms. The summed E-state index contributed by atoms with van der Waals surface area (Å²) in [5.74, 6) is -1.19. The third kappa shape index (κ3) is 5.06. The number of carbonyl (C=O) groups is 1. The Morgan fingerprint density at radius 2 is 1.69 bits per heavy atom. The number of allylic oxidation sites excluding steroid dienone is 2. The van der Waals surface area contributed by atoms with Gasteiger partial charge in [0.15, 0.2) is 4.77 Å². The Morgan fingerprint density at radius 3 is 2.40 bits per heavy atom. The van der Waals surface area contributed by atoms with Crippen molar-refractivity contribution in [3.8, 4) is 11.6 Å². The van der Waals surface area contributed by atoms with Gasteiger partial charge in [-0.1, -0.05) is 91.9 Å². The average molecular weight is 590 g/mol. The first kappa shape index (κ1) is 27.4. The molecule has 2 N–H and O–H groups in total. The van der Waals surface area contributed by atoms with Gasteiger partial charge in [0, 0.05) is 5.57 Å². The Labute approximate surface area is 251 Å². The lowest BCUT2D eigenvalue weighted by atomic mass is 10.0. The van der Waals surface area contributed by atoms with E-state index in [0.717, 1.165) is 27.2 Å². The second-order valence-electron chi connectivity index (χ2n) is 9.74. The lowest BCUT2D eigenvalue weighted by molar-refractivity contribution is -0.137. The number of aromatic hydroxyl groups is 1. The maximum Gasteiger partial charge on any atom is 0.323 e. The van der Waals surface area contributed by atoms with Gasteiger partial charge in [-0.15, -0.1) is 11.3 Å². The first-order chi connectivity index (χ1) is 20.5. The largest absolute Gasteiger partial charge is 0.493 e. The van der Waals surface area contributed by atoms with Crippen LogP contribution in [0.4, 0.5) is 0 Å². The molecule has 0 aliphatic rings. The van der Waals surface area contributed by atoms with Crippen LogP contribution in [0.15, 0.2) is 103 Å². The zero-order valence-corrected chi connectivity index (χ0v) is 24.4. The van der Waals surface area contributed by atoms with Gasteiger partial charge in [0.1, 0.15) is 17.2 Å². The van der Waals surface area contributed by atoms with Crippen LogP contribution in [0.25, 0.3) is 38.3 Å². The number of benzene rings is 4. The van der Waals surface area contributed by atoms with Crippen molar-refractivity contribution in [3.63, 3.8) is 0 Å². The molecule has 42 heavy (non-hydrogen) atoms. The zero-order valence-electron chi connectivity index (χ0n) is 22.8.